The fourth-order valence-corrected chi connectivity index (χ4v) is 2.44. The first-order valence-corrected chi connectivity index (χ1v) is 7.91. The molecule has 1 fully saturated rings. The van der Waals surface area contributed by atoms with Crippen LogP contribution in [0.3, 0.4) is 0 Å². The zero-order valence-corrected chi connectivity index (χ0v) is 14.9. The molecule has 1 aromatic rings. The zero-order chi connectivity index (χ0) is 19.0. The van der Waals surface area contributed by atoms with Gasteiger partial charge < -0.3 is 19.7 Å². The van der Waals surface area contributed by atoms with Crippen molar-refractivity contribution in [1.29, 1.82) is 0 Å². The zero-order valence-electron chi connectivity index (χ0n) is 14.9. The molecule has 0 spiro atoms. The van der Waals surface area contributed by atoms with Gasteiger partial charge in [-0.1, -0.05) is 6.08 Å². The topological polar surface area (TPSA) is 67.8 Å². The number of aromatic carboxylic acids is 1. The summed E-state index contributed by atoms with van der Waals surface area (Å²) in [5.74, 6) is -3.43. The summed E-state index contributed by atoms with van der Waals surface area (Å²) in [6.45, 7) is 7.90. The minimum atomic E-state index is -1.46. The molecule has 0 amide bonds. The lowest BCUT2D eigenvalue weighted by atomic mass is 9.77. The summed E-state index contributed by atoms with van der Waals surface area (Å²) < 4.78 is 39.6. The molecule has 0 bridgehead atoms. The molecule has 0 aliphatic carbocycles. The van der Waals surface area contributed by atoms with E-state index in [1.54, 1.807) is 7.05 Å². The highest BCUT2D eigenvalue weighted by atomic mass is 19.1. The number of halogens is 2. The van der Waals surface area contributed by atoms with Crippen LogP contribution in [0.1, 0.15) is 43.6 Å². The Balaban J connectivity index is 2.45. The number of hydrogen-bond acceptors (Lipinski definition) is 4. The van der Waals surface area contributed by atoms with Crippen molar-refractivity contribution in [1.82, 2.24) is 5.32 Å². The van der Waals surface area contributed by atoms with Gasteiger partial charge in [0.2, 0.25) is 0 Å². The number of carbonyl (C=O) groups is 1. The summed E-state index contributed by atoms with van der Waals surface area (Å²) in [5.41, 5.74) is -1.21. The van der Waals surface area contributed by atoms with Crippen LogP contribution in [-0.4, -0.2) is 43.0 Å². The Kier molecular flexibility index (Phi) is 5.37. The van der Waals surface area contributed by atoms with E-state index in [1.165, 1.54) is 6.08 Å². The molecule has 2 N–H and O–H groups in total. The third kappa shape index (κ3) is 3.91. The number of hydrogen-bond donors (Lipinski definition) is 2. The summed E-state index contributed by atoms with van der Waals surface area (Å²) >= 11 is 0. The van der Waals surface area contributed by atoms with Crippen molar-refractivity contribution >= 4 is 19.2 Å². The maximum absolute atomic E-state index is 14.1. The second-order valence-corrected chi connectivity index (χ2v) is 7.00. The Morgan fingerprint density at radius 3 is 2.24 bits per heavy atom. The lowest BCUT2D eigenvalue weighted by molar-refractivity contribution is 0.00578. The number of nitrogens with one attached hydrogen (secondary N) is 1. The molecule has 1 heterocycles. The Labute approximate surface area is 146 Å². The summed E-state index contributed by atoms with van der Waals surface area (Å²) in [6, 6.07) is 1.53. The first kappa shape index (κ1) is 19.6. The van der Waals surface area contributed by atoms with E-state index in [0.717, 1.165) is 6.07 Å². The van der Waals surface area contributed by atoms with E-state index in [-0.39, 0.29) is 5.56 Å². The third-order valence-electron chi connectivity index (χ3n) is 4.59. The smallest absolute Gasteiger partial charge is 0.478 e. The van der Waals surface area contributed by atoms with Crippen LogP contribution in [0.15, 0.2) is 17.6 Å². The molecule has 136 valence electrons. The number of benzene rings is 1. The minimum Gasteiger partial charge on any atom is -0.478 e. The largest absolute Gasteiger partial charge is 0.491 e. The maximum Gasteiger partial charge on any atom is 0.491 e. The van der Waals surface area contributed by atoms with Crippen LogP contribution < -0.4 is 5.32 Å². The molecular formula is C17H22BF2NO4. The lowest BCUT2D eigenvalue weighted by Crippen LogP contribution is -2.41. The van der Waals surface area contributed by atoms with Gasteiger partial charge in [0.05, 0.1) is 16.8 Å². The van der Waals surface area contributed by atoms with E-state index in [0.29, 0.717) is 18.1 Å². The van der Waals surface area contributed by atoms with Crippen molar-refractivity contribution in [2.24, 2.45) is 0 Å². The van der Waals surface area contributed by atoms with E-state index in [2.05, 4.69) is 5.32 Å². The van der Waals surface area contributed by atoms with Gasteiger partial charge in [-0.25, -0.2) is 13.6 Å². The van der Waals surface area contributed by atoms with Gasteiger partial charge in [-0.3, -0.25) is 0 Å². The molecule has 0 aromatic heterocycles. The highest BCUT2D eigenvalue weighted by Gasteiger charge is 2.52. The van der Waals surface area contributed by atoms with Crippen LogP contribution in [0.25, 0.3) is 6.08 Å². The highest BCUT2D eigenvalue weighted by molar-refractivity contribution is 6.55. The summed E-state index contributed by atoms with van der Waals surface area (Å²) in [7, 11) is 0.984. The average molecular weight is 353 g/mol. The molecule has 0 saturated carbocycles. The van der Waals surface area contributed by atoms with Crippen LogP contribution in [0.4, 0.5) is 8.78 Å². The Morgan fingerprint density at radius 1 is 1.20 bits per heavy atom. The van der Waals surface area contributed by atoms with E-state index < -0.39 is 41.5 Å². The monoisotopic (exact) mass is 353 g/mol. The van der Waals surface area contributed by atoms with Crippen molar-refractivity contribution in [2.75, 3.05) is 13.6 Å². The van der Waals surface area contributed by atoms with E-state index in [9.17, 15) is 13.6 Å². The Bertz CT molecular complexity index is 703. The van der Waals surface area contributed by atoms with Crippen LogP contribution >= 0.6 is 0 Å². The number of carboxylic acid groups (broad SMARTS) is 1. The van der Waals surface area contributed by atoms with Crippen molar-refractivity contribution in [3.63, 3.8) is 0 Å². The van der Waals surface area contributed by atoms with Crippen LogP contribution in [0, 0.1) is 11.6 Å². The molecule has 0 radical (unpaired) electrons. The predicted molar refractivity (Wildman–Crippen MR) is 91.3 cm³/mol. The Morgan fingerprint density at radius 2 is 1.76 bits per heavy atom. The SMILES string of the molecule is CNCC(=Cc1cc(C(=O)O)c(F)cc1F)B1OC(C)(C)C(C)(C)O1. The normalized spacial score (nSPS) is 19.3. The van der Waals surface area contributed by atoms with E-state index in [4.69, 9.17) is 14.4 Å². The minimum absolute atomic E-state index is 0.0428. The van der Waals surface area contributed by atoms with E-state index >= 15 is 0 Å². The molecule has 1 saturated heterocycles. The van der Waals surface area contributed by atoms with Crippen molar-refractivity contribution < 1.29 is 28.0 Å². The molecule has 1 aliphatic rings. The fourth-order valence-electron chi connectivity index (χ4n) is 2.44. The molecular weight excluding hydrogens is 331 g/mol. The molecule has 0 unspecified atom stereocenters. The molecule has 0 atom stereocenters. The number of rotatable bonds is 5. The van der Waals surface area contributed by atoms with Crippen molar-refractivity contribution in [3.05, 3.63) is 40.4 Å². The van der Waals surface area contributed by atoms with Crippen molar-refractivity contribution in [2.45, 2.75) is 38.9 Å². The van der Waals surface area contributed by atoms with Gasteiger partial charge in [0.25, 0.3) is 0 Å². The molecule has 1 aromatic carbocycles. The van der Waals surface area contributed by atoms with E-state index in [1.807, 2.05) is 27.7 Å². The van der Waals surface area contributed by atoms with Gasteiger partial charge in [0.15, 0.2) is 0 Å². The number of carboxylic acids is 1. The van der Waals surface area contributed by atoms with Gasteiger partial charge in [-0.15, -0.1) is 0 Å². The predicted octanol–water partition coefficient (Wildman–Crippen LogP) is 2.90. The summed E-state index contributed by atoms with van der Waals surface area (Å²) in [6.07, 6.45) is 1.43. The first-order valence-electron chi connectivity index (χ1n) is 7.91. The molecule has 5 nitrogen and oxygen atoms in total. The Hall–Kier alpha value is -1.77. The standard InChI is InChI=1S/C17H22BF2NO4/c1-16(2)17(3,4)25-18(24-16)11(9-21-5)6-10-7-12(15(22)23)14(20)8-13(10)19/h6-8,21H,9H2,1-5H3,(H,22,23). The van der Waals surface area contributed by atoms with Crippen LogP contribution in [0.5, 0.6) is 0 Å². The molecule has 25 heavy (non-hydrogen) atoms. The van der Waals surface area contributed by atoms with Crippen molar-refractivity contribution in [3.8, 4) is 0 Å². The highest BCUT2D eigenvalue weighted by Crippen LogP contribution is 2.38. The van der Waals surface area contributed by atoms with Gasteiger partial charge >= 0.3 is 13.1 Å². The third-order valence-corrected chi connectivity index (χ3v) is 4.59. The first-order chi connectivity index (χ1) is 11.5. The van der Waals surface area contributed by atoms with Gasteiger partial charge in [0, 0.05) is 18.2 Å². The average Bonchev–Trinajstić information content (AvgIpc) is 2.69. The quantitative estimate of drug-likeness (QED) is 0.797. The van der Waals surface area contributed by atoms with Gasteiger partial charge in [-0.2, -0.15) is 0 Å². The lowest BCUT2D eigenvalue weighted by Gasteiger charge is -2.32. The maximum atomic E-state index is 14.1. The summed E-state index contributed by atoms with van der Waals surface area (Å²) in [5, 5.41) is 12.0. The van der Waals surface area contributed by atoms with Gasteiger partial charge in [0.1, 0.15) is 11.6 Å². The van der Waals surface area contributed by atoms with Crippen LogP contribution in [0.2, 0.25) is 0 Å². The fraction of sp³-hybridized carbons (Fsp3) is 0.471. The van der Waals surface area contributed by atoms with Crippen LogP contribution in [-0.2, 0) is 9.31 Å². The molecule has 2 rings (SSSR count). The number of likely N-dealkylation sites (N-methyl/N-ethyl adjacent to an activating group) is 1. The second kappa shape index (κ2) is 6.86. The second-order valence-electron chi connectivity index (χ2n) is 7.00. The molecule has 1 aliphatic heterocycles. The summed E-state index contributed by atoms with van der Waals surface area (Å²) in [4.78, 5) is 11.1. The molecule has 8 heteroatoms. The van der Waals surface area contributed by atoms with Gasteiger partial charge in [-0.05, 0) is 46.3 Å².